The average molecular weight is 891 g/mol. The van der Waals surface area contributed by atoms with E-state index in [-0.39, 0.29) is 0 Å². The third-order valence-corrected chi connectivity index (χ3v) is 9.87. The topological polar surface area (TPSA) is 41.4 Å². The summed E-state index contributed by atoms with van der Waals surface area (Å²) in [5.41, 5.74) is -11.2. The van der Waals surface area contributed by atoms with Gasteiger partial charge in [0.2, 0.25) is 46.5 Å². The van der Waals surface area contributed by atoms with E-state index in [0.717, 1.165) is 6.54 Å². The zero-order valence-corrected chi connectivity index (χ0v) is 32.3. The number of ether oxygens (including phenoxy) is 4. The van der Waals surface area contributed by atoms with E-state index >= 15 is 70.2 Å². The van der Waals surface area contributed by atoms with Gasteiger partial charge in [-0.3, -0.25) is 0 Å². The van der Waals surface area contributed by atoms with Gasteiger partial charge in [-0.15, -0.1) is 21.9 Å². The summed E-state index contributed by atoms with van der Waals surface area (Å²) in [7, 11) is 1.31. The second kappa shape index (κ2) is 18.9. The zero-order chi connectivity index (χ0) is 46.0. The predicted molar refractivity (Wildman–Crippen MR) is 188 cm³/mol. The molecule has 0 fully saturated rings. The molecule has 61 heavy (non-hydrogen) atoms. The molecule has 1 N–H and O–H groups in total. The van der Waals surface area contributed by atoms with Crippen molar-refractivity contribution >= 4 is 28.0 Å². The van der Waals surface area contributed by atoms with Gasteiger partial charge >= 0.3 is 0 Å². The van der Waals surface area contributed by atoms with Crippen LogP contribution in [0.2, 0.25) is 0 Å². The molecule has 330 valence electrons. The van der Waals surface area contributed by atoms with Gasteiger partial charge in [0.15, 0.2) is 23.0 Å². The molecule has 5 rings (SSSR count). The average Bonchev–Trinajstić information content (AvgIpc) is 3.24. The lowest BCUT2D eigenvalue weighted by Crippen LogP contribution is -3.10. The molecule has 0 amide bonds. The van der Waals surface area contributed by atoms with Crippen LogP contribution in [0.1, 0.15) is 19.4 Å². The number of hydrogen-bond acceptors (Lipinski definition) is 4. The minimum atomic E-state index is -6.80. The van der Waals surface area contributed by atoms with Crippen molar-refractivity contribution in [1.29, 1.82) is 0 Å². The number of quaternary nitrogens is 1. The first-order valence-electron chi connectivity index (χ1n) is 17.4. The lowest BCUT2D eigenvalue weighted by atomic mass is 9.12. The summed E-state index contributed by atoms with van der Waals surface area (Å²) < 4.78 is 267. The summed E-state index contributed by atoms with van der Waals surface area (Å²) in [5, 5.41) is 0. The fraction of sp³-hybridized carbons (Fsp3) is 0.231. The first kappa shape index (κ1) is 47.9. The maximum Gasteiger partial charge on any atom is 0.200 e. The third kappa shape index (κ3) is 7.73. The van der Waals surface area contributed by atoms with E-state index in [9.17, 15) is 0 Å². The van der Waals surface area contributed by atoms with E-state index < -0.39 is 144 Å². The molecule has 0 aromatic heterocycles. The highest BCUT2D eigenvalue weighted by Gasteiger charge is 2.52. The molecule has 0 radical (unpaired) electrons. The number of halogens is 16. The summed E-state index contributed by atoms with van der Waals surface area (Å²) in [6, 6.07) is 10.7. The molecule has 0 aliphatic rings. The van der Waals surface area contributed by atoms with Crippen molar-refractivity contribution in [2.24, 2.45) is 0 Å². The van der Waals surface area contributed by atoms with E-state index in [1.54, 1.807) is 4.90 Å². The molecule has 0 aliphatic heterocycles. The molecule has 5 aromatic carbocycles. The highest BCUT2D eigenvalue weighted by Crippen LogP contribution is 2.36. The molecule has 0 aliphatic carbocycles. The van der Waals surface area contributed by atoms with E-state index in [1.807, 2.05) is 0 Å². The Morgan fingerprint density at radius 3 is 0.754 bits per heavy atom. The lowest BCUT2D eigenvalue weighted by molar-refractivity contribution is -0.910. The standard InChI is InChI=1S/C28H12BF16O4.C11H17N/c1-46-25-17(38)9(30)5(10(31)18(25)39)29(6-11(32)19(40)26(47-2)20(41)12(6)33,7-13(34)21(42)27(48-3)22(43)14(7)35)8-15(36)23(44)28(49-4)24(45)16(8)37;1-3-12(4-2)10-11-8-6-5-7-9-11/h1-4H3;5-9H,3-4,10H2,1-2H3/q-1;/p+1. The van der Waals surface area contributed by atoms with Crippen LogP contribution in [0, 0.1) is 93.1 Å². The maximum atomic E-state index is 16.1. The van der Waals surface area contributed by atoms with Gasteiger partial charge < -0.3 is 23.8 Å². The molecule has 5 aromatic rings. The molecule has 5 nitrogen and oxygen atoms in total. The Morgan fingerprint density at radius 1 is 0.361 bits per heavy atom. The zero-order valence-electron chi connectivity index (χ0n) is 32.3. The van der Waals surface area contributed by atoms with Crippen molar-refractivity contribution in [2.75, 3.05) is 41.5 Å². The molecule has 22 heteroatoms. The maximum absolute atomic E-state index is 16.1. The highest BCUT2D eigenvalue weighted by atomic mass is 19.2. The molecular formula is C39H30BF16NO4. The summed E-state index contributed by atoms with van der Waals surface area (Å²) >= 11 is 0. The molecule has 0 spiro atoms. The fourth-order valence-electron chi connectivity index (χ4n) is 7.00. The van der Waals surface area contributed by atoms with Crippen LogP contribution in [0.25, 0.3) is 0 Å². The Hall–Kier alpha value is -5.80. The van der Waals surface area contributed by atoms with E-state index in [0.29, 0.717) is 28.4 Å². The van der Waals surface area contributed by atoms with E-state index in [1.165, 1.54) is 18.7 Å². The second-order valence-corrected chi connectivity index (χ2v) is 12.8. The molecule has 0 unspecified atom stereocenters. The van der Waals surface area contributed by atoms with Crippen molar-refractivity contribution in [2.45, 2.75) is 20.4 Å². The van der Waals surface area contributed by atoms with Gasteiger partial charge in [0.25, 0.3) is 0 Å². The van der Waals surface area contributed by atoms with Gasteiger partial charge in [-0.25, -0.2) is 35.1 Å². The SMILES string of the molecule is CC[NH+](CC)Cc1ccccc1.COc1c(F)c(F)c([B-](c2c(F)c(F)c(OC)c(F)c2F)(c2c(F)c(F)c(OC)c(F)c2F)c2c(F)c(F)c(OC)c(F)c2F)c(F)c1F. The van der Waals surface area contributed by atoms with Crippen molar-refractivity contribution in [3.63, 3.8) is 0 Å². The van der Waals surface area contributed by atoms with Crippen molar-refractivity contribution in [3.05, 3.63) is 129 Å². The summed E-state index contributed by atoms with van der Waals surface area (Å²) in [6.45, 7) is 8.06. The van der Waals surface area contributed by atoms with Crippen LogP contribution in [-0.2, 0) is 6.54 Å². The fourth-order valence-corrected chi connectivity index (χ4v) is 7.00. The van der Waals surface area contributed by atoms with Gasteiger partial charge in [-0.05, 0) is 13.8 Å². The van der Waals surface area contributed by atoms with Gasteiger partial charge in [0.1, 0.15) is 59.2 Å². The van der Waals surface area contributed by atoms with Crippen molar-refractivity contribution in [3.8, 4) is 23.0 Å². The van der Waals surface area contributed by atoms with Crippen LogP contribution in [0.5, 0.6) is 23.0 Å². The van der Waals surface area contributed by atoms with Crippen molar-refractivity contribution in [1.82, 2.24) is 0 Å². The van der Waals surface area contributed by atoms with Crippen LogP contribution in [0.15, 0.2) is 30.3 Å². The van der Waals surface area contributed by atoms with Gasteiger partial charge in [-0.2, -0.15) is 35.1 Å². The minimum absolute atomic E-state index is 0.327. The molecule has 0 heterocycles. The van der Waals surface area contributed by atoms with Gasteiger partial charge in [0, 0.05) is 5.56 Å². The Kier molecular flexibility index (Phi) is 14.8. The number of hydrogen-bond donors (Lipinski definition) is 1. The first-order chi connectivity index (χ1) is 28.7. The van der Waals surface area contributed by atoms with Gasteiger partial charge in [-0.1, -0.05) is 30.3 Å². The summed E-state index contributed by atoms with van der Waals surface area (Å²) in [4.78, 5) is 1.64. The number of benzene rings is 5. The quantitative estimate of drug-likeness (QED) is 0.0892. The molecular weight excluding hydrogens is 861 g/mol. The third-order valence-electron chi connectivity index (χ3n) is 9.87. The minimum Gasteiger partial charge on any atom is -0.491 e. The smallest absolute Gasteiger partial charge is 0.200 e. The Balaban J connectivity index is 0.000000586. The number of nitrogens with one attached hydrogen (secondary N) is 1. The van der Waals surface area contributed by atoms with Crippen LogP contribution >= 0.6 is 0 Å². The Labute approximate surface area is 335 Å². The van der Waals surface area contributed by atoms with Crippen LogP contribution in [0.3, 0.4) is 0 Å². The Morgan fingerprint density at radius 2 is 0.574 bits per heavy atom. The van der Waals surface area contributed by atoms with Crippen LogP contribution < -0.4 is 45.7 Å². The highest BCUT2D eigenvalue weighted by molar-refractivity contribution is 7.20. The van der Waals surface area contributed by atoms with Crippen LogP contribution in [0.4, 0.5) is 70.2 Å². The number of methoxy groups -OCH3 is 4. The summed E-state index contributed by atoms with van der Waals surface area (Å²) in [6.07, 6.45) is -6.80. The Bertz CT molecular complexity index is 2060. The normalized spacial score (nSPS) is 11.5. The molecule has 0 saturated heterocycles. The van der Waals surface area contributed by atoms with E-state index in [2.05, 4.69) is 63.1 Å². The molecule has 0 atom stereocenters. The second-order valence-electron chi connectivity index (χ2n) is 12.8. The first-order valence-corrected chi connectivity index (χ1v) is 17.4. The monoisotopic (exact) mass is 891 g/mol. The van der Waals surface area contributed by atoms with Crippen molar-refractivity contribution < 1.29 is 94.1 Å². The van der Waals surface area contributed by atoms with Crippen LogP contribution in [-0.4, -0.2) is 47.7 Å². The lowest BCUT2D eigenvalue weighted by Gasteiger charge is -2.45. The molecule has 0 saturated carbocycles. The summed E-state index contributed by atoms with van der Waals surface area (Å²) in [5.74, 6) is -57.7. The van der Waals surface area contributed by atoms with Gasteiger partial charge in [0.05, 0.1) is 41.5 Å². The predicted octanol–water partition coefficient (Wildman–Crippen LogP) is 6.44. The molecule has 0 bridgehead atoms. The number of rotatable bonds is 12. The largest absolute Gasteiger partial charge is 0.491 e. The van der Waals surface area contributed by atoms with E-state index in [4.69, 9.17) is 0 Å².